The summed E-state index contributed by atoms with van der Waals surface area (Å²) in [4.78, 5) is 12.0. The third-order valence-electron chi connectivity index (χ3n) is 2.48. The van der Waals surface area contributed by atoms with Gasteiger partial charge in [0.1, 0.15) is 5.75 Å². The largest absolute Gasteiger partial charge is 0.507 e. The number of hydrogen-bond acceptors (Lipinski definition) is 2. The quantitative estimate of drug-likeness (QED) is 0.816. The van der Waals surface area contributed by atoms with Crippen molar-refractivity contribution in [2.24, 2.45) is 5.92 Å². The number of hydrogen-bond donors (Lipinski definition) is 2. The maximum Gasteiger partial charge on any atom is 0.255 e. The van der Waals surface area contributed by atoms with E-state index in [1.807, 2.05) is 0 Å². The lowest BCUT2D eigenvalue weighted by molar-refractivity contribution is 0.0934. The number of benzene rings is 1. The summed E-state index contributed by atoms with van der Waals surface area (Å²) < 4.78 is 0. The fourth-order valence-electron chi connectivity index (χ4n) is 1.68. The number of alkyl halides is 1. The van der Waals surface area contributed by atoms with Crippen LogP contribution >= 0.6 is 23.2 Å². The molecule has 0 aliphatic heterocycles. The van der Waals surface area contributed by atoms with Gasteiger partial charge >= 0.3 is 0 Å². The van der Waals surface area contributed by atoms with Gasteiger partial charge in [-0.05, 0) is 30.5 Å². The third kappa shape index (κ3) is 4.39. The van der Waals surface area contributed by atoms with E-state index in [2.05, 4.69) is 19.2 Å². The Kier molecular flexibility index (Phi) is 5.76. The second-order valence-electron chi connectivity index (χ2n) is 4.62. The Bertz CT molecular complexity index is 421. The Hall–Kier alpha value is -0.930. The minimum Gasteiger partial charge on any atom is -0.507 e. The first-order valence-electron chi connectivity index (χ1n) is 5.79. The lowest BCUT2D eigenvalue weighted by Gasteiger charge is -2.18. The summed E-state index contributed by atoms with van der Waals surface area (Å²) in [6, 6.07) is 4.25. The highest BCUT2D eigenvalue weighted by atomic mass is 35.5. The van der Waals surface area contributed by atoms with Crippen molar-refractivity contribution >= 4 is 29.1 Å². The van der Waals surface area contributed by atoms with Gasteiger partial charge in [-0.1, -0.05) is 25.4 Å². The van der Waals surface area contributed by atoms with Crippen LogP contribution in [0.3, 0.4) is 0 Å². The maximum absolute atomic E-state index is 12.0. The van der Waals surface area contributed by atoms with Crippen LogP contribution in [0.15, 0.2) is 18.2 Å². The Morgan fingerprint density at radius 3 is 2.67 bits per heavy atom. The molecule has 0 heterocycles. The highest BCUT2D eigenvalue weighted by molar-refractivity contribution is 6.31. The summed E-state index contributed by atoms with van der Waals surface area (Å²) in [5.41, 5.74) is 0.168. The number of aromatic hydroxyl groups is 1. The van der Waals surface area contributed by atoms with Gasteiger partial charge < -0.3 is 10.4 Å². The Morgan fingerprint density at radius 2 is 2.11 bits per heavy atom. The predicted octanol–water partition coefficient (Wildman–Crippen LogP) is 3.43. The summed E-state index contributed by atoms with van der Waals surface area (Å²) in [6.07, 6.45) is 0.788. The molecule has 5 heteroatoms. The molecule has 1 aromatic carbocycles. The van der Waals surface area contributed by atoms with E-state index in [0.29, 0.717) is 16.8 Å². The number of phenols is 1. The van der Waals surface area contributed by atoms with Gasteiger partial charge in [-0.2, -0.15) is 0 Å². The first-order valence-corrected chi connectivity index (χ1v) is 6.70. The zero-order valence-electron chi connectivity index (χ0n) is 10.4. The second kappa shape index (κ2) is 6.86. The molecule has 0 aromatic heterocycles. The van der Waals surface area contributed by atoms with Crippen LogP contribution in [-0.2, 0) is 0 Å². The van der Waals surface area contributed by atoms with Gasteiger partial charge in [0.2, 0.25) is 0 Å². The van der Waals surface area contributed by atoms with Crippen LogP contribution in [0, 0.1) is 5.92 Å². The number of amides is 1. The number of halogens is 2. The van der Waals surface area contributed by atoms with Crippen molar-refractivity contribution < 1.29 is 9.90 Å². The molecule has 0 fully saturated rings. The molecule has 0 aliphatic carbocycles. The molecule has 0 radical (unpaired) electrons. The van der Waals surface area contributed by atoms with Crippen molar-refractivity contribution in [2.45, 2.75) is 26.3 Å². The maximum atomic E-state index is 12.0. The molecule has 100 valence electrons. The van der Waals surface area contributed by atoms with Crippen molar-refractivity contribution in [1.29, 1.82) is 0 Å². The molecule has 1 unspecified atom stereocenters. The number of rotatable bonds is 5. The van der Waals surface area contributed by atoms with Crippen LogP contribution in [0.2, 0.25) is 5.02 Å². The van der Waals surface area contributed by atoms with E-state index in [9.17, 15) is 9.90 Å². The number of nitrogens with one attached hydrogen (secondary N) is 1. The average molecular weight is 290 g/mol. The monoisotopic (exact) mass is 289 g/mol. The van der Waals surface area contributed by atoms with Gasteiger partial charge in [0.15, 0.2) is 0 Å². The van der Waals surface area contributed by atoms with Crippen LogP contribution < -0.4 is 5.32 Å². The molecule has 0 bridgehead atoms. The molecule has 0 spiro atoms. The van der Waals surface area contributed by atoms with E-state index < -0.39 is 0 Å². The molecular weight excluding hydrogens is 273 g/mol. The first kappa shape index (κ1) is 15.1. The molecule has 1 rings (SSSR count). The minimum absolute atomic E-state index is 0.0882. The van der Waals surface area contributed by atoms with E-state index in [1.165, 1.54) is 18.2 Å². The Morgan fingerprint density at radius 1 is 1.44 bits per heavy atom. The topological polar surface area (TPSA) is 49.3 Å². The van der Waals surface area contributed by atoms with Crippen molar-refractivity contribution in [1.82, 2.24) is 5.32 Å². The normalized spacial score (nSPS) is 12.5. The zero-order valence-corrected chi connectivity index (χ0v) is 11.9. The fourth-order valence-corrected chi connectivity index (χ4v) is 2.06. The molecule has 18 heavy (non-hydrogen) atoms. The van der Waals surface area contributed by atoms with Crippen LogP contribution in [0.4, 0.5) is 0 Å². The summed E-state index contributed by atoms with van der Waals surface area (Å²) in [7, 11) is 0. The lowest BCUT2D eigenvalue weighted by Crippen LogP contribution is -2.37. The smallest absolute Gasteiger partial charge is 0.255 e. The van der Waals surface area contributed by atoms with E-state index in [0.717, 1.165) is 6.42 Å². The third-order valence-corrected chi connectivity index (χ3v) is 3.09. The average Bonchev–Trinajstić information content (AvgIpc) is 2.30. The van der Waals surface area contributed by atoms with Gasteiger partial charge in [0.05, 0.1) is 5.56 Å². The van der Waals surface area contributed by atoms with Crippen molar-refractivity contribution in [2.75, 3.05) is 5.88 Å². The highest BCUT2D eigenvalue weighted by Crippen LogP contribution is 2.21. The van der Waals surface area contributed by atoms with E-state index in [-0.39, 0.29) is 23.3 Å². The Labute approximate surface area is 117 Å². The van der Waals surface area contributed by atoms with E-state index in [4.69, 9.17) is 23.2 Å². The zero-order chi connectivity index (χ0) is 13.7. The highest BCUT2D eigenvalue weighted by Gasteiger charge is 2.17. The van der Waals surface area contributed by atoms with Crippen molar-refractivity contribution in [3.8, 4) is 5.75 Å². The molecule has 0 saturated carbocycles. The van der Waals surface area contributed by atoms with Crippen LogP contribution in [0.1, 0.15) is 30.6 Å². The number of carbonyl (C=O) groups is 1. The summed E-state index contributed by atoms with van der Waals surface area (Å²) in [5.74, 6) is 0.323. The summed E-state index contributed by atoms with van der Waals surface area (Å²) in [6.45, 7) is 4.12. The molecule has 1 aromatic rings. The molecule has 2 N–H and O–H groups in total. The standard InChI is InChI=1S/C13H17Cl2NO2/c1-8(2)5-10(7-14)16-13(18)11-6-9(15)3-4-12(11)17/h3-4,6,8,10,17H,5,7H2,1-2H3,(H,16,18). The fraction of sp³-hybridized carbons (Fsp3) is 0.462. The predicted molar refractivity (Wildman–Crippen MR) is 74.5 cm³/mol. The first-order chi connectivity index (χ1) is 8.43. The van der Waals surface area contributed by atoms with Gasteiger partial charge in [0.25, 0.3) is 5.91 Å². The van der Waals surface area contributed by atoms with Gasteiger partial charge in [-0.25, -0.2) is 0 Å². The van der Waals surface area contributed by atoms with Crippen molar-refractivity contribution in [3.63, 3.8) is 0 Å². The molecular formula is C13H17Cl2NO2. The van der Waals surface area contributed by atoms with Crippen molar-refractivity contribution in [3.05, 3.63) is 28.8 Å². The van der Waals surface area contributed by atoms with Gasteiger partial charge in [-0.15, -0.1) is 11.6 Å². The summed E-state index contributed by atoms with van der Waals surface area (Å²) >= 11 is 11.6. The van der Waals surface area contributed by atoms with Gasteiger partial charge in [0, 0.05) is 16.9 Å². The molecule has 3 nitrogen and oxygen atoms in total. The number of carbonyl (C=O) groups excluding carboxylic acids is 1. The van der Waals surface area contributed by atoms with Crippen LogP contribution in [-0.4, -0.2) is 22.9 Å². The SMILES string of the molecule is CC(C)CC(CCl)NC(=O)c1cc(Cl)ccc1O. The van der Waals surface area contributed by atoms with E-state index in [1.54, 1.807) is 0 Å². The number of phenolic OH excluding ortho intramolecular Hbond substituents is 1. The molecule has 0 saturated heterocycles. The Balaban J connectivity index is 2.77. The van der Waals surface area contributed by atoms with E-state index >= 15 is 0 Å². The second-order valence-corrected chi connectivity index (χ2v) is 5.36. The lowest BCUT2D eigenvalue weighted by atomic mass is 10.0. The van der Waals surface area contributed by atoms with Gasteiger partial charge in [-0.3, -0.25) is 4.79 Å². The molecule has 1 atom stereocenters. The van der Waals surface area contributed by atoms with Crippen LogP contribution in [0.5, 0.6) is 5.75 Å². The minimum atomic E-state index is -0.360. The van der Waals surface area contributed by atoms with Crippen LogP contribution in [0.25, 0.3) is 0 Å². The molecule has 0 aliphatic rings. The summed E-state index contributed by atoms with van der Waals surface area (Å²) in [5, 5.41) is 12.8. The molecule has 1 amide bonds.